The maximum absolute atomic E-state index is 10.7. The summed E-state index contributed by atoms with van der Waals surface area (Å²) in [5, 5.41) is 0. The average Bonchev–Trinajstić information content (AvgIpc) is 3.35. The summed E-state index contributed by atoms with van der Waals surface area (Å²) in [7, 11) is -21.3. The van der Waals surface area contributed by atoms with Crippen LogP contribution in [0.1, 0.15) is 56.2 Å². The fourth-order valence-corrected chi connectivity index (χ4v) is 3.56. The van der Waals surface area contributed by atoms with Gasteiger partial charge in [-0.25, -0.2) is 18.3 Å². The summed E-state index contributed by atoms with van der Waals surface area (Å²) in [4.78, 5) is 0. The summed E-state index contributed by atoms with van der Waals surface area (Å²) in [5.74, 6) is 0. The summed E-state index contributed by atoms with van der Waals surface area (Å²) < 4.78 is 128. The number of benzene rings is 1. The maximum atomic E-state index is 9.87. The van der Waals surface area contributed by atoms with E-state index in [0.717, 1.165) is 26.2 Å². The van der Waals surface area contributed by atoms with E-state index in [1.807, 2.05) is 0 Å². The van der Waals surface area contributed by atoms with Crippen LogP contribution in [0.15, 0.2) is 55.6 Å². The van der Waals surface area contributed by atoms with Crippen LogP contribution >= 0.6 is 15.6 Å². The van der Waals surface area contributed by atoms with Gasteiger partial charge in [-0.2, -0.15) is 0 Å². The Hall–Kier alpha value is -2.34. The van der Waals surface area contributed by atoms with Crippen LogP contribution in [0.2, 0.25) is 0 Å². The zero-order chi connectivity index (χ0) is 31.9. The number of unbranched alkanes of at least 4 members (excludes halogenated alkanes) is 2. The van der Waals surface area contributed by atoms with Gasteiger partial charge in [-0.3, -0.25) is 0 Å². The standard InChI is InChI=1S/C23H34N4.2F6P/c1-4-6-8-24-10-12-26(19-24)17-22-14-21(3)15-23(16-22)18-27-13-11-25(20-27)9-7-5-2;2*1-7(2,3,4,5)6/h10-16,19-20H,4-9,17-18H2,1-3H3;;/q+2;2*-1. The quantitative estimate of drug-likeness (QED) is 0.117. The number of hydrogen-bond acceptors (Lipinski definition) is 0. The molecule has 0 aliphatic carbocycles. The third-order valence-electron chi connectivity index (χ3n) is 4.96. The minimum absolute atomic E-state index is 0.927. The second-order valence-corrected chi connectivity index (χ2v) is 13.4. The molecular weight excluding hydrogens is 622 g/mol. The Kier molecular flexibility index (Phi) is 10.5. The third kappa shape index (κ3) is 25.1. The zero-order valence-corrected chi connectivity index (χ0v) is 24.4. The molecule has 4 nitrogen and oxygen atoms in total. The Morgan fingerprint density at radius 1 is 0.585 bits per heavy atom. The Labute approximate surface area is 229 Å². The van der Waals surface area contributed by atoms with Crippen molar-refractivity contribution in [3.05, 3.63) is 72.3 Å². The van der Waals surface area contributed by atoms with Crippen LogP contribution in [0.3, 0.4) is 0 Å². The van der Waals surface area contributed by atoms with E-state index in [0.29, 0.717) is 0 Å². The normalized spacial score (nSPS) is 15.3. The van der Waals surface area contributed by atoms with Gasteiger partial charge in [0.1, 0.15) is 37.9 Å². The summed E-state index contributed by atoms with van der Waals surface area (Å²) >= 11 is 0. The number of nitrogens with zero attached hydrogens (tertiary/aromatic N) is 4. The van der Waals surface area contributed by atoms with Gasteiger partial charge in [-0.1, -0.05) is 44.4 Å². The van der Waals surface area contributed by atoms with Crippen LogP contribution in [0.5, 0.6) is 0 Å². The van der Waals surface area contributed by atoms with E-state index in [1.165, 1.54) is 42.4 Å². The summed E-state index contributed by atoms with van der Waals surface area (Å²) in [5.41, 5.74) is 4.07. The first-order chi connectivity index (χ1) is 18.1. The topological polar surface area (TPSA) is 17.6 Å². The van der Waals surface area contributed by atoms with Crippen LogP contribution in [0, 0.1) is 6.92 Å². The van der Waals surface area contributed by atoms with Gasteiger partial charge in [0.15, 0.2) is 0 Å². The van der Waals surface area contributed by atoms with Crippen molar-refractivity contribution in [2.24, 2.45) is 0 Å². The average molecular weight is 656 g/mol. The molecule has 1 aromatic carbocycles. The van der Waals surface area contributed by atoms with Crippen molar-refractivity contribution in [3.8, 4) is 0 Å². The van der Waals surface area contributed by atoms with Crippen molar-refractivity contribution in [1.29, 1.82) is 0 Å². The third-order valence-corrected chi connectivity index (χ3v) is 4.96. The molecule has 0 bridgehead atoms. The second kappa shape index (κ2) is 11.7. The summed E-state index contributed by atoms with van der Waals surface area (Å²) in [6, 6.07) is 6.95. The Balaban J connectivity index is 0.000000497. The van der Waals surface area contributed by atoms with E-state index in [-0.39, 0.29) is 0 Å². The first-order valence-electron chi connectivity index (χ1n) is 12.4. The fourth-order valence-electron chi connectivity index (χ4n) is 3.56. The van der Waals surface area contributed by atoms with Crippen molar-refractivity contribution in [2.45, 2.75) is 72.6 Å². The van der Waals surface area contributed by atoms with Gasteiger partial charge in [0.25, 0.3) is 0 Å². The van der Waals surface area contributed by atoms with Crippen LogP contribution < -0.4 is 9.13 Å². The molecule has 41 heavy (non-hydrogen) atoms. The summed E-state index contributed by atoms with van der Waals surface area (Å²) in [6.07, 6.45) is 18.1. The monoisotopic (exact) mass is 656 g/mol. The van der Waals surface area contributed by atoms with E-state index in [4.69, 9.17) is 0 Å². The molecule has 3 rings (SSSR count). The number of rotatable bonds is 10. The molecule has 0 atom stereocenters. The van der Waals surface area contributed by atoms with Gasteiger partial charge < -0.3 is 0 Å². The molecule has 240 valence electrons. The molecule has 0 unspecified atom stereocenters. The van der Waals surface area contributed by atoms with Gasteiger partial charge >= 0.3 is 66.0 Å². The molecular formula is C23H34F12N4P2. The van der Waals surface area contributed by atoms with Gasteiger partial charge in [0.05, 0.1) is 13.1 Å². The Morgan fingerprint density at radius 2 is 0.902 bits per heavy atom. The van der Waals surface area contributed by atoms with Gasteiger partial charge in [-0.05, 0) is 37.0 Å². The molecule has 0 amide bonds. The van der Waals surface area contributed by atoms with Crippen LogP contribution in [-0.2, 0) is 26.2 Å². The number of imidazole rings is 2. The number of aromatic nitrogens is 4. The van der Waals surface area contributed by atoms with Gasteiger partial charge in [0.2, 0.25) is 12.7 Å². The second-order valence-electron chi connectivity index (χ2n) is 9.60. The van der Waals surface area contributed by atoms with E-state index < -0.39 is 15.6 Å². The zero-order valence-electron chi connectivity index (χ0n) is 22.6. The van der Waals surface area contributed by atoms with Crippen molar-refractivity contribution in [2.75, 3.05) is 0 Å². The molecule has 0 saturated carbocycles. The Bertz CT molecular complexity index is 1150. The minimum atomic E-state index is -10.7. The molecule has 0 saturated heterocycles. The molecule has 0 aliphatic rings. The fraction of sp³-hybridized carbons (Fsp3) is 0.478. The van der Waals surface area contributed by atoms with Crippen molar-refractivity contribution in [3.63, 3.8) is 0 Å². The molecule has 3 aromatic rings. The van der Waals surface area contributed by atoms with Gasteiger partial charge in [0, 0.05) is 0 Å². The number of aryl methyl sites for hydroxylation is 3. The molecule has 0 aliphatic heterocycles. The van der Waals surface area contributed by atoms with Crippen LogP contribution in [-0.4, -0.2) is 9.13 Å². The Morgan fingerprint density at radius 3 is 1.20 bits per heavy atom. The first-order valence-corrected chi connectivity index (χ1v) is 16.4. The number of halogens is 12. The first kappa shape index (κ1) is 36.7. The molecule has 0 radical (unpaired) electrons. The molecule has 2 heterocycles. The summed E-state index contributed by atoms with van der Waals surface area (Å²) in [6.45, 7) is 10.7. The van der Waals surface area contributed by atoms with Crippen molar-refractivity contribution in [1.82, 2.24) is 9.13 Å². The predicted octanol–water partition coefficient (Wildman–Crippen LogP) is 10.6. The van der Waals surface area contributed by atoms with Gasteiger partial charge in [-0.15, -0.1) is 0 Å². The SMILES string of the molecule is CCCCn1cc[n+](Cc2cc(C)cc(C[n+]3ccn(CCCC)c3)c2)c1.F[P-](F)(F)(F)(F)F.F[P-](F)(F)(F)(F)F. The molecule has 2 aromatic heterocycles. The van der Waals surface area contributed by atoms with Crippen molar-refractivity contribution < 1.29 is 59.5 Å². The van der Waals surface area contributed by atoms with E-state index in [1.54, 1.807) is 0 Å². The molecule has 0 fully saturated rings. The van der Waals surface area contributed by atoms with Crippen molar-refractivity contribution >= 4 is 15.6 Å². The predicted molar refractivity (Wildman–Crippen MR) is 136 cm³/mol. The molecule has 0 spiro atoms. The molecule has 18 heteroatoms. The van der Waals surface area contributed by atoms with E-state index in [2.05, 4.69) is 94.7 Å². The van der Waals surface area contributed by atoms with Crippen LogP contribution in [0.4, 0.5) is 50.4 Å². The molecule has 0 N–H and O–H groups in total. The van der Waals surface area contributed by atoms with E-state index in [9.17, 15) is 50.4 Å². The van der Waals surface area contributed by atoms with Crippen LogP contribution in [0.25, 0.3) is 0 Å². The number of hydrogen-bond donors (Lipinski definition) is 0. The van der Waals surface area contributed by atoms with E-state index >= 15 is 0 Å².